The van der Waals surface area contributed by atoms with Crippen LogP contribution in [-0.4, -0.2) is 116 Å². The van der Waals surface area contributed by atoms with Crippen LogP contribution in [0.5, 0.6) is 0 Å². The summed E-state index contributed by atoms with van der Waals surface area (Å²) in [6.07, 6.45) is -8.79. The van der Waals surface area contributed by atoms with Crippen LogP contribution >= 0.6 is 0 Å². The number of nitrogens with one attached hydrogen (secondary N) is 2. The van der Waals surface area contributed by atoms with E-state index in [2.05, 4.69) is 0 Å². The molecule has 0 aromatic rings. The van der Waals surface area contributed by atoms with Gasteiger partial charge >= 0.3 is 17.9 Å². The minimum atomic E-state index is -3.01. The van der Waals surface area contributed by atoms with Gasteiger partial charge in [0.1, 0.15) is 36.6 Å². The molecule has 1 rings (SSSR count). The molecule has 7 atom stereocenters. The zero-order valence-corrected chi connectivity index (χ0v) is 19.3. The van der Waals surface area contributed by atoms with Crippen LogP contribution in [-0.2, 0) is 38.2 Å². The molecule has 1 heterocycles. The highest BCUT2D eigenvalue weighted by atomic mass is 16.6. The van der Waals surface area contributed by atoms with Gasteiger partial charge in [-0.05, 0) is 6.92 Å². The number of aliphatic carboxylic acids is 3. The maximum Gasteiger partial charge on any atom is 0.339 e. The summed E-state index contributed by atoms with van der Waals surface area (Å²) in [7, 11) is 0. The van der Waals surface area contributed by atoms with Gasteiger partial charge in [0.05, 0.1) is 12.6 Å². The van der Waals surface area contributed by atoms with E-state index in [1.165, 1.54) is 0 Å². The van der Waals surface area contributed by atoms with E-state index in [0.717, 1.165) is 13.8 Å². The second kappa shape index (κ2) is 12.0. The van der Waals surface area contributed by atoms with E-state index in [0.29, 0.717) is 0 Å². The molecule has 3 amide bonds. The van der Waals surface area contributed by atoms with Gasteiger partial charge < -0.3 is 57.1 Å². The molecule has 36 heavy (non-hydrogen) atoms. The molecule has 0 spiro atoms. The fourth-order valence-electron chi connectivity index (χ4n) is 3.71. The third kappa shape index (κ3) is 6.64. The second-order valence-electron chi connectivity index (χ2n) is 8.22. The molecule has 0 aromatic carbocycles. The fourth-order valence-corrected chi connectivity index (χ4v) is 3.71. The number of nitrogens with two attached hydrogens (primary N) is 2. The standard InChI is InChI=1S/C19H30N4O13/c1-7(25)22-18(2,16(32)23-19(15(21)31,17(33)34)4-3-9(26)27)14-11(20)13(35-6-10(28)29)12(30)8(5-24)36-14/h8,11-14,24,30H,3-6,20H2,1-2H3,(H2,21,31)(H,22,25)(H,23,32)(H,26,27)(H,28,29)(H,33,34)/t8-,11-,12-,13-,14?,18-,19+/m1/s1/i/hD. The van der Waals surface area contributed by atoms with E-state index in [1.807, 2.05) is 0 Å². The average Bonchev–Trinajstić information content (AvgIpc) is 2.79. The second-order valence-corrected chi connectivity index (χ2v) is 8.22. The van der Waals surface area contributed by atoms with E-state index in [9.17, 15) is 44.1 Å². The summed E-state index contributed by atoms with van der Waals surface area (Å²) in [6.45, 7) is -0.190. The van der Waals surface area contributed by atoms with Crippen LogP contribution in [0.3, 0.4) is 0 Å². The van der Waals surface area contributed by atoms with Crippen LogP contribution < -0.4 is 22.1 Å². The molecule has 11 N–H and O–H groups in total. The Kier molecular flexibility index (Phi) is 9.65. The van der Waals surface area contributed by atoms with Crippen molar-refractivity contribution in [2.45, 2.75) is 68.2 Å². The number of carboxylic acids is 3. The Morgan fingerprint density at radius 3 is 2.14 bits per heavy atom. The van der Waals surface area contributed by atoms with Crippen molar-refractivity contribution < 1.29 is 65.2 Å². The normalized spacial score (nSPS) is 27.5. The highest BCUT2D eigenvalue weighted by Crippen LogP contribution is 2.30. The lowest BCUT2D eigenvalue weighted by molar-refractivity contribution is -0.219. The van der Waals surface area contributed by atoms with Crippen LogP contribution in [0.1, 0.15) is 26.7 Å². The number of carbonyl (C=O) groups is 6. The number of hydrogen-bond donors (Lipinski definition) is 9. The van der Waals surface area contributed by atoms with Gasteiger partial charge in [0.15, 0.2) is 1.41 Å². The molecular weight excluding hydrogens is 492 g/mol. The lowest BCUT2D eigenvalue weighted by Gasteiger charge is -2.49. The summed E-state index contributed by atoms with van der Waals surface area (Å²) in [5.41, 5.74) is 5.63. The highest BCUT2D eigenvalue weighted by molar-refractivity contribution is 6.10. The molecule has 1 aliphatic rings. The largest absolute Gasteiger partial charge is 0.481 e. The molecule has 1 saturated heterocycles. The quantitative estimate of drug-likeness (QED) is 0.102. The summed E-state index contributed by atoms with van der Waals surface area (Å²) < 4.78 is 18.8. The molecule has 204 valence electrons. The maximum absolute atomic E-state index is 13.5. The van der Waals surface area contributed by atoms with Gasteiger partial charge in [0.25, 0.3) is 5.91 Å². The Hall–Kier alpha value is -3.38. The predicted octanol–water partition coefficient (Wildman–Crippen LogP) is -4.91. The van der Waals surface area contributed by atoms with E-state index >= 15 is 0 Å². The van der Waals surface area contributed by atoms with Crippen molar-refractivity contribution in [3.8, 4) is 0 Å². The molecule has 1 aliphatic heterocycles. The molecule has 0 saturated carbocycles. The predicted molar refractivity (Wildman–Crippen MR) is 114 cm³/mol. The lowest BCUT2D eigenvalue weighted by Crippen LogP contribution is -2.77. The topological polar surface area (TPSA) is 298 Å². The van der Waals surface area contributed by atoms with Crippen molar-refractivity contribution in [3.05, 3.63) is 0 Å². The van der Waals surface area contributed by atoms with Crippen LogP contribution in [0.25, 0.3) is 0 Å². The zero-order valence-electron chi connectivity index (χ0n) is 20.3. The highest BCUT2D eigenvalue weighted by Gasteiger charge is 2.57. The SMILES string of the molecule is [2H]N(C(C)=O)[C@@](C)(C(=O)N[C@@](CCC(=O)O)(C(N)=O)C(=O)O)C1O[C@H](CO)[C@@H](O)[C@H](OCC(=O)O)[C@H]1N. The van der Waals surface area contributed by atoms with Crippen molar-refractivity contribution in [1.82, 2.24) is 10.6 Å². The number of amides is 3. The van der Waals surface area contributed by atoms with Gasteiger partial charge in [-0.25, -0.2) is 9.59 Å². The van der Waals surface area contributed by atoms with Gasteiger partial charge in [-0.1, -0.05) is 0 Å². The summed E-state index contributed by atoms with van der Waals surface area (Å²) >= 11 is 0. The molecule has 1 unspecified atom stereocenters. The number of aliphatic hydroxyl groups excluding tert-OH is 2. The first-order valence-corrected chi connectivity index (χ1v) is 10.4. The van der Waals surface area contributed by atoms with Crippen LogP contribution in [0, 0.1) is 0 Å². The average molecular weight is 523 g/mol. The minimum absolute atomic E-state index is 0.0258. The van der Waals surface area contributed by atoms with Crippen molar-refractivity contribution >= 4 is 35.6 Å². The van der Waals surface area contributed by atoms with Gasteiger partial charge in [0, 0.05) is 19.8 Å². The number of ether oxygens (including phenoxy) is 2. The lowest BCUT2D eigenvalue weighted by atomic mass is 9.80. The third-order valence-corrected chi connectivity index (χ3v) is 5.58. The fraction of sp³-hybridized carbons (Fsp3) is 0.684. The first-order chi connectivity index (χ1) is 17.0. The molecule has 1 fully saturated rings. The summed E-state index contributed by atoms with van der Waals surface area (Å²) in [4.78, 5) is 71.8. The van der Waals surface area contributed by atoms with Crippen molar-refractivity contribution in [2.75, 3.05) is 13.2 Å². The van der Waals surface area contributed by atoms with E-state index in [-0.39, 0.29) is 5.31 Å². The Balaban J connectivity index is 3.65. The molecule has 0 aliphatic carbocycles. The molecule has 17 heteroatoms. The van der Waals surface area contributed by atoms with Crippen molar-refractivity contribution in [1.29, 1.82) is 0 Å². The summed E-state index contributed by atoms with van der Waals surface area (Å²) in [5.74, 6) is -9.40. The minimum Gasteiger partial charge on any atom is -0.481 e. The number of primary amides is 1. The molecule has 0 radical (unpaired) electrons. The summed E-state index contributed by atoms with van der Waals surface area (Å²) in [6, 6.07) is -1.67. The first-order valence-electron chi connectivity index (χ1n) is 10.8. The van der Waals surface area contributed by atoms with Gasteiger partial charge in [0.2, 0.25) is 17.4 Å². The first kappa shape index (κ1) is 28.9. The Labute approximate surface area is 205 Å². The van der Waals surface area contributed by atoms with Crippen LogP contribution in [0.2, 0.25) is 1.41 Å². The smallest absolute Gasteiger partial charge is 0.339 e. The van der Waals surface area contributed by atoms with Gasteiger partial charge in [-0.3, -0.25) is 19.2 Å². The molecular formula is C19H30N4O13. The van der Waals surface area contributed by atoms with Crippen molar-refractivity contribution in [2.24, 2.45) is 11.5 Å². The van der Waals surface area contributed by atoms with E-state index in [1.54, 1.807) is 5.32 Å². The molecule has 0 bridgehead atoms. The zero-order chi connectivity index (χ0) is 28.9. The maximum atomic E-state index is 13.5. The number of aliphatic hydroxyl groups is 2. The van der Waals surface area contributed by atoms with Crippen LogP contribution in [0.4, 0.5) is 0 Å². The number of hydrogen-bond acceptors (Lipinski definition) is 11. The Morgan fingerprint density at radius 1 is 1.14 bits per heavy atom. The van der Waals surface area contributed by atoms with E-state index < -0.39 is 103 Å². The molecule has 0 aromatic heterocycles. The number of rotatable bonds is 13. The monoisotopic (exact) mass is 523 g/mol. The third-order valence-electron chi connectivity index (χ3n) is 5.58. The van der Waals surface area contributed by atoms with Crippen molar-refractivity contribution in [3.63, 3.8) is 0 Å². The Bertz CT molecular complexity index is 920. The Morgan fingerprint density at radius 2 is 1.72 bits per heavy atom. The molecule has 17 nitrogen and oxygen atoms in total. The van der Waals surface area contributed by atoms with Crippen LogP contribution in [0.15, 0.2) is 0 Å². The van der Waals surface area contributed by atoms with Gasteiger partial charge in [-0.15, -0.1) is 0 Å². The van der Waals surface area contributed by atoms with E-state index in [4.69, 9.17) is 32.6 Å². The number of carbonyl (C=O) groups excluding carboxylic acids is 3. The van der Waals surface area contributed by atoms with Gasteiger partial charge in [-0.2, -0.15) is 0 Å². The number of carboxylic acid groups (broad SMARTS) is 3. The summed E-state index contributed by atoms with van der Waals surface area (Å²) in [5, 5.41) is 49.5.